The highest BCUT2D eigenvalue weighted by molar-refractivity contribution is 6.04. The van der Waals surface area contributed by atoms with E-state index in [0.717, 1.165) is 17.7 Å². The number of anilines is 2. The van der Waals surface area contributed by atoms with Crippen molar-refractivity contribution in [1.29, 1.82) is 0 Å². The molecule has 1 heterocycles. The van der Waals surface area contributed by atoms with Crippen LogP contribution < -0.4 is 10.2 Å². The van der Waals surface area contributed by atoms with Crippen molar-refractivity contribution in [3.8, 4) is 0 Å². The molecule has 0 bridgehead atoms. The number of rotatable bonds is 6. The van der Waals surface area contributed by atoms with Crippen LogP contribution >= 0.6 is 0 Å². The van der Waals surface area contributed by atoms with E-state index in [2.05, 4.69) is 10.3 Å². The predicted molar refractivity (Wildman–Crippen MR) is 102 cm³/mol. The van der Waals surface area contributed by atoms with Crippen LogP contribution in [-0.2, 0) is 6.54 Å². The van der Waals surface area contributed by atoms with Gasteiger partial charge < -0.3 is 10.2 Å². The first-order valence-electron chi connectivity index (χ1n) is 8.58. The van der Waals surface area contributed by atoms with E-state index in [0.29, 0.717) is 24.5 Å². The van der Waals surface area contributed by atoms with E-state index in [1.54, 1.807) is 18.3 Å². The second kappa shape index (κ2) is 8.40. The summed E-state index contributed by atoms with van der Waals surface area (Å²) >= 11 is 0. The highest BCUT2D eigenvalue weighted by Gasteiger charge is 2.13. The number of amides is 1. The Kier molecular flexibility index (Phi) is 5.76. The number of halogens is 2. The number of aromatic nitrogens is 1. The lowest BCUT2D eigenvalue weighted by Gasteiger charge is -2.22. The molecule has 3 aromatic rings. The molecule has 0 aliphatic heterocycles. The van der Waals surface area contributed by atoms with Gasteiger partial charge in [-0.2, -0.15) is 0 Å². The van der Waals surface area contributed by atoms with Crippen LogP contribution in [0.3, 0.4) is 0 Å². The van der Waals surface area contributed by atoms with Crippen LogP contribution in [0.5, 0.6) is 0 Å². The van der Waals surface area contributed by atoms with E-state index in [9.17, 15) is 13.6 Å². The average molecular weight is 367 g/mol. The average Bonchev–Trinajstić information content (AvgIpc) is 2.69. The summed E-state index contributed by atoms with van der Waals surface area (Å²) in [5.74, 6) is -1.36. The number of hydrogen-bond donors (Lipinski definition) is 1. The lowest BCUT2D eigenvalue weighted by Crippen LogP contribution is -2.23. The predicted octanol–water partition coefficient (Wildman–Crippen LogP) is 4.64. The maximum Gasteiger partial charge on any atom is 0.255 e. The van der Waals surface area contributed by atoms with Crippen molar-refractivity contribution in [1.82, 2.24) is 4.98 Å². The van der Waals surface area contributed by atoms with Gasteiger partial charge in [0.15, 0.2) is 0 Å². The monoisotopic (exact) mass is 367 g/mol. The zero-order chi connectivity index (χ0) is 19.2. The largest absolute Gasteiger partial charge is 0.353 e. The quantitative estimate of drug-likeness (QED) is 0.690. The Bertz CT molecular complexity index is 932. The Morgan fingerprint density at radius 3 is 2.56 bits per heavy atom. The molecule has 0 saturated heterocycles. The molecule has 0 saturated carbocycles. The van der Waals surface area contributed by atoms with Gasteiger partial charge in [-0.05, 0) is 36.8 Å². The summed E-state index contributed by atoms with van der Waals surface area (Å²) in [6.07, 6.45) is 1.54. The van der Waals surface area contributed by atoms with Gasteiger partial charge >= 0.3 is 0 Å². The first-order chi connectivity index (χ1) is 13.1. The third kappa shape index (κ3) is 4.67. The fraction of sp³-hybridized carbons (Fsp3) is 0.143. The SMILES string of the molecule is CCN(Cc1ccccc1)c1cc(C(=O)Nc2ccc(F)cc2F)ccn1. The van der Waals surface area contributed by atoms with E-state index in [1.165, 1.54) is 6.07 Å². The molecule has 0 atom stereocenters. The van der Waals surface area contributed by atoms with E-state index >= 15 is 0 Å². The smallest absolute Gasteiger partial charge is 0.255 e. The standard InChI is InChI=1S/C21H19F2N3O/c1-2-26(14-15-6-4-3-5-7-15)20-12-16(10-11-24-20)21(27)25-19-9-8-17(22)13-18(19)23/h3-13H,2,14H2,1H3,(H,25,27). The summed E-state index contributed by atoms with van der Waals surface area (Å²) in [6.45, 7) is 3.37. The normalized spacial score (nSPS) is 10.5. The first kappa shape index (κ1) is 18.5. The molecule has 3 rings (SSSR count). The molecule has 138 valence electrons. The number of carbonyl (C=O) groups is 1. The first-order valence-corrected chi connectivity index (χ1v) is 8.58. The van der Waals surface area contributed by atoms with Crippen LogP contribution in [0, 0.1) is 11.6 Å². The van der Waals surface area contributed by atoms with E-state index < -0.39 is 17.5 Å². The van der Waals surface area contributed by atoms with Crippen molar-refractivity contribution in [3.05, 3.63) is 89.6 Å². The lowest BCUT2D eigenvalue weighted by atomic mass is 10.2. The van der Waals surface area contributed by atoms with Crippen LogP contribution in [0.2, 0.25) is 0 Å². The molecular weight excluding hydrogens is 348 g/mol. The van der Waals surface area contributed by atoms with Gasteiger partial charge in [-0.1, -0.05) is 30.3 Å². The molecule has 1 aromatic heterocycles. The number of carbonyl (C=O) groups excluding carboxylic acids is 1. The van der Waals surface area contributed by atoms with E-state index in [4.69, 9.17) is 0 Å². The van der Waals surface area contributed by atoms with Gasteiger partial charge in [0.25, 0.3) is 5.91 Å². The summed E-state index contributed by atoms with van der Waals surface area (Å²) in [7, 11) is 0. The minimum atomic E-state index is -0.822. The summed E-state index contributed by atoms with van der Waals surface area (Å²) in [4.78, 5) is 18.8. The maximum atomic E-state index is 13.8. The molecule has 1 N–H and O–H groups in total. The molecule has 2 aromatic carbocycles. The van der Waals surface area contributed by atoms with Gasteiger partial charge in [-0.15, -0.1) is 0 Å². The van der Waals surface area contributed by atoms with Crippen molar-refractivity contribution in [2.45, 2.75) is 13.5 Å². The zero-order valence-electron chi connectivity index (χ0n) is 14.8. The molecule has 0 unspecified atom stereocenters. The molecule has 0 radical (unpaired) electrons. The number of nitrogens with zero attached hydrogens (tertiary/aromatic N) is 2. The van der Waals surface area contributed by atoms with Crippen molar-refractivity contribution in [3.63, 3.8) is 0 Å². The van der Waals surface area contributed by atoms with Gasteiger partial charge in [0.05, 0.1) is 5.69 Å². The van der Waals surface area contributed by atoms with Crippen LogP contribution in [0.15, 0.2) is 66.9 Å². The molecular formula is C21H19F2N3O. The fourth-order valence-electron chi connectivity index (χ4n) is 2.68. The van der Waals surface area contributed by atoms with E-state index in [-0.39, 0.29) is 5.69 Å². The summed E-state index contributed by atoms with van der Waals surface area (Å²) in [5, 5.41) is 2.46. The van der Waals surface area contributed by atoms with Crippen LogP contribution in [0.1, 0.15) is 22.8 Å². The zero-order valence-corrected chi connectivity index (χ0v) is 14.8. The highest BCUT2D eigenvalue weighted by atomic mass is 19.1. The lowest BCUT2D eigenvalue weighted by molar-refractivity contribution is 0.102. The maximum absolute atomic E-state index is 13.8. The Balaban J connectivity index is 1.78. The summed E-state index contributed by atoms with van der Waals surface area (Å²) < 4.78 is 26.8. The topological polar surface area (TPSA) is 45.2 Å². The molecule has 27 heavy (non-hydrogen) atoms. The Labute approximate surface area is 156 Å². The number of hydrogen-bond acceptors (Lipinski definition) is 3. The van der Waals surface area contributed by atoms with E-state index in [1.807, 2.05) is 42.2 Å². The minimum absolute atomic E-state index is 0.0728. The second-order valence-corrected chi connectivity index (χ2v) is 5.98. The Morgan fingerprint density at radius 1 is 1.07 bits per heavy atom. The molecule has 0 aliphatic rings. The van der Waals surface area contributed by atoms with Gasteiger partial charge in [-0.25, -0.2) is 13.8 Å². The van der Waals surface area contributed by atoms with Crippen LogP contribution in [-0.4, -0.2) is 17.4 Å². The summed E-state index contributed by atoms with van der Waals surface area (Å²) in [5.41, 5.74) is 1.40. The van der Waals surface area contributed by atoms with Crippen molar-refractivity contribution in [2.24, 2.45) is 0 Å². The van der Waals surface area contributed by atoms with Crippen molar-refractivity contribution >= 4 is 17.4 Å². The highest BCUT2D eigenvalue weighted by Crippen LogP contribution is 2.19. The fourth-order valence-corrected chi connectivity index (χ4v) is 2.68. The third-order valence-electron chi connectivity index (χ3n) is 4.11. The number of pyridine rings is 1. The molecule has 6 heteroatoms. The molecule has 0 fully saturated rings. The molecule has 4 nitrogen and oxygen atoms in total. The minimum Gasteiger partial charge on any atom is -0.353 e. The molecule has 0 aliphatic carbocycles. The summed E-state index contributed by atoms with van der Waals surface area (Å²) in [6, 6.07) is 16.2. The Hall–Kier alpha value is -3.28. The van der Waals surface area contributed by atoms with Gasteiger partial charge in [0.2, 0.25) is 0 Å². The van der Waals surface area contributed by atoms with Gasteiger partial charge in [0.1, 0.15) is 17.5 Å². The van der Waals surface area contributed by atoms with Crippen molar-refractivity contribution in [2.75, 3.05) is 16.8 Å². The second-order valence-electron chi connectivity index (χ2n) is 5.98. The van der Waals surface area contributed by atoms with Gasteiger partial charge in [-0.3, -0.25) is 4.79 Å². The van der Waals surface area contributed by atoms with Gasteiger partial charge in [0, 0.05) is 30.9 Å². The Morgan fingerprint density at radius 2 is 1.85 bits per heavy atom. The number of benzene rings is 2. The third-order valence-corrected chi connectivity index (χ3v) is 4.11. The number of nitrogens with one attached hydrogen (secondary N) is 1. The van der Waals surface area contributed by atoms with Crippen molar-refractivity contribution < 1.29 is 13.6 Å². The molecule has 0 spiro atoms. The molecule has 1 amide bonds. The van der Waals surface area contributed by atoms with Crippen LogP contribution in [0.4, 0.5) is 20.3 Å². The van der Waals surface area contributed by atoms with Crippen LogP contribution in [0.25, 0.3) is 0 Å².